The molecule has 1 aliphatic heterocycles. The Labute approximate surface area is 848 Å². The van der Waals surface area contributed by atoms with Gasteiger partial charge in [0, 0.05) is 57.2 Å². The molecule has 23 nitrogen and oxygen atoms in total. The Kier molecular flexibility index (Phi) is 32.1. The number of fused-ring (bicyclic) bond motifs is 5. The van der Waals surface area contributed by atoms with E-state index in [0.29, 0.717) is 44.3 Å². The third-order valence-corrected chi connectivity index (χ3v) is 37.1. The number of aromatic hydroxyl groups is 1. The highest BCUT2D eigenvalue weighted by Crippen LogP contribution is 2.67. The molecule has 9 aromatic carbocycles. The Morgan fingerprint density at radius 1 is 0.377 bits per heavy atom. The van der Waals surface area contributed by atoms with E-state index in [1.807, 2.05) is 48.5 Å². The molecule has 0 amide bonds. The van der Waals surface area contributed by atoms with Crippen LogP contribution in [-0.4, -0.2) is 151 Å². The number of hydrogen-bond acceptors (Lipinski definition) is 23. The molecule has 146 heavy (non-hydrogen) atoms. The first-order valence-electron chi connectivity index (χ1n) is 47.2. The highest BCUT2D eigenvalue weighted by atomic mass is 32.2. The quantitative estimate of drug-likeness (QED) is 0.0155. The minimum Gasteiger partial charge on any atom is -0.748 e. The van der Waals surface area contributed by atoms with E-state index >= 15 is 0 Å². The summed E-state index contributed by atoms with van der Waals surface area (Å²) < 4.78 is 256. The van der Waals surface area contributed by atoms with E-state index in [1.54, 1.807) is 12.1 Å². The Balaban J connectivity index is 0.000000133. The average Bonchev–Trinajstić information content (AvgIpc) is 0.894. The lowest BCUT2D eigenvalue weighted by atomic mass is 9.48. The molecule has 9 atom stereocenters. The number of carbonyl (C=O) groups excluding carboxylic acids is 6. The minimum atomic E-state index is -5.27. The maximum absolute atomic E-state index is 13.2. The summed E-state index contributed by atoms with van der Waals surface area (Å²) in [7, 11) is -16.0. The van der Waals surface area contributed by atoms with Gasteiger partial charge in [0.1, 0.15) is 33.4 Å². The second-order valence-corrected chi connectivity index (χ2v) is 50.2. The zero-order valence-corrected chi connectivity index (χ0v) is 84.4. The van der Waals surface area contributed by atoms with E-state index in [-0.39, 0.29) is 142 Å². The molecule has 13 aliphatic rings. The van der Waals surface area contributed by atoms with Crippen LogP contribution in [0, 0.1) is 51.8 Å². The fourth-order valence-corrected chi connectivity index (χ4v) is 32.2. The summed E-state index contributed by atoms with van der Waals surface area (Å²) >= 11 is 0. The summed E-state index contributed by atoms with van der Waals surface area (Å²) in [6.45, 7) is 15.0. The molecule has 23 rings (SSSR count). The van der Waals surface area contributed by atoms with Crippen molar-refractivity contribution in [3.05, 3.63) is 279 Å². The summed E-state index contributed by atoms with van der Waals surface area (Å²) in [6.07, 6.45) is -17.6. The van der Waals surface area contributed by atoms with Gasteiger partial charge in [-0.2, -0.15) is 39.5 Å². The molecule has 38 heteroatoms. The SMILES string of the molecule is C=C(C)C(=O)OC12CC3CC(C1)CC(C(=O)OC(CS(=O)(=O)[O-])C(F)(F)F)(C3)C2.C=C(C)C(=O)OC12CC3CC(C1)CC(C(=O)OC(CS(=O)(=O)[O-])C(F)(F)F)(C3)C2.C=C(C)C(=O)OC12CC3CC(C1)CC(C(=O)OC(CS(=O)(=O)[O-])C(F)(F)F)(C3)C2.Oc1ccc([S+](c2ccccc2)c2ccccc2)cc1.c1ccc(-[s+]2c3ccccc3c3ccccc32)cc1.c1ccc([S+]2c3ccccc3Oc3ccccc32)cc1. The van der Waals surface area contributed by atoms with Gasteiger partial charge in [-0.3, -0.25) is 14.4 Å². The predicted molar refractivity (Wildman–Crippen MR) is 524 cm³/mol. The van der Waals surface area contributed by atoms with Gasteiger partial charge in [-0.15, -0.1) is 0 Å². The number of halogens is 9. The topological polar surface area (TPSA) is 359 Å². The van der Waals surface area contributed by atoms with Crippen LogP contribution in [0.1, 0.15) is 136 Å². The van der Waals surface area contributed by atoms with Gasteiger partial charge >= 0.3 is 54.3 Å². The number of ether oxygens (including phenoxy) is 7. The van der Waals surface area contributed by atoms with Crippen molar-refractivity contribution in [1.82, 2.24) is 0 Å². The Hall–Kier alpha value is -11.4. The van der Waals surface area contributed by atoms with Crippen molar-refractivity contribution in [2.24, 2.45) is 51.8 Å². The van der Waals surface area contributed by atoms with Gasteiger partial charge in [-0.1, -0.05) is 141 Å². The highest BCUT2D eigenvalue weighted by Gasteiger charge is 2.68. The van der Waals surface area contributed by atoms with Crippen LogP contribution in [0.25, 0.3) is 25.1 Å². The van der Waals surface area contributed by atoms with Gasteiger partial charge in [-0.05, 0) is 274 Å². The van der Waals surface area contributed by atoms with Gasteiger partial charge in [0.15, 0.2) is 45.4 Å². The van der Waals surface area contributed by atoms with Crippen molar-refractivity contribution < 1.29 is 145 Å². The van der Waals surface area contributed by atoms with Crippen molar-refractivity contribution >= 4 is 119 Å². The molecule has 2 heterocycles. The first-order chi connectivity index (χ1) is 68.6. The summed E-state index contributed by atoms with van der Waals surface area (Å²) in [6, 6.07) is 84.2. The lowest BCUT2D eigenvalue weighted by molar-refractivity contribution is -0.237. The zero-order chi connectivity index (χ0) is 105. The molecule has 0 radical (unpaired) electrons. The van der Waals surface area contributed by atoms with Crippen LogP contribution in [0.3, 0.4) is 0 Å². The third-order valence-electron chi connectivity index (χ3n) is 28.1. The number of rotatable bonds is 23. The lowest BCUT2D eigenvalue weighted by Gasteiger charge is -2.59. The van der Waals surface area contributed by atoms with E-state index in [9.17, 15) is 112 Å². The first-order valence-corrected chi connectivity index (χ1v) is 55.6. The van der Waals surface area contributed by atoms with Crippen LogP contribution in [0.15, 0.2) is 308 Å². The van der Waals surface area contributed by atoms with Crippen LogP contribution in [-0.2, 0) is 109 Å². The molecule has 12 saturated carbocycles. The van der Waals surface area contributed by atoms with Crippen molar-refractivity contribution in [2.45, 2.75) is 219 Å². The van der Waals surface area contributed by atoms with Crippen LogP contribution in [0.2, 0.25) is 0 Å². The Morgan fingerprint density at radius 2 is 0.637 bits per heavy atom. The zero-order valence-electron chi connectivity index (χ0n) is 79.5. The van der Waals surface area contributed by atoms with Crippen LogP contribution >= 0.6 is 10.5 Å². The number of thiophene rings is 1. The third kappa shape index (κ3) is 25.8. The number of esters is 6. The van der Waals surface area contributed by atoms with E-state index < -0.39 is 153 Å². The smallest absolute Gasteiger partial charge is 0.426 e. The molecule has 12 fully saturated rings. The molecule has 12 bridgehead atoms. The van der Waals surface area contributed by atoms with Crippen LogP contribution in [0.5, 0.6) is 17.2 Å². The van der Waals surface area contributed by atoms with Gasteiger partial charge < -0.3 is 51.9 Å². The monoisotopic (exact) mass is 2130 g/mol. The predicted octanol–water partition coefficient (Wildman–Crippen LogP) is 22.5. The molecule has 776 valence electrons. The first kappa shape index (κ1) is 109. The largest absolute Gasteiger partial charge is 0.748 e. The summed E-state index contributed by atoms with van der Waals surface area (Å²) in [5.41, 5.74) is -6.28. The fourth-order valence-electron chi connectivity index (χ4n) is 23.6. The van der Waals surface area contributed by atoms with E-state index in [1.165, 1.54) is 75.2 Å². The van der Waals surface area contributed by atoms with E-state index in [2.05, 4.69) is 216 Å². The molecule has 1 N–H and O–H groups in total. The number of benzene rings is 9. The van der Waals surface area contributed by atoms with Crippen molar-refractivity contribution in [3.8, 4) is 22.1 Å². The minimum absolute atomic E-state index is 0.0134. The summed E-state index contributed by atoms with van der Waals surface area (Å²) in [4.78, 5) is 83.7. The van der Waals surface area contributed by atoms with Crippen LogP contribution < -0.4 is 4.74 Å². The highest BCUT2D eigenvalue weighted by molar-refractivity contribution is 7.97. The van der Waals surface area contributed by atoms with E-state index in [4.69, 9.17) is 18.9 Å². The second kappa shape index (κ2) is 43.1. The van der Waals surface area contributed by atoms with Crippen molar-refractivity contribution in [3.63, 3.8) is 0 Å². The van der Waals surface area contributed by atoms with Gasteiger partial charge in [0.25, 0.3) is 0 Å². The molecule has 12 aliphatic carbocycles. The van der Waals surface area contributed by atoms with Crippen molar-refractivity contribution in [2.75, 3.05) is 17.3 Å². The maximum atomic E-state index is 13.2. The van der Waals surface area contributed by atoms with Crippen LogP contribution in [0.4, 0.5) is 39.5 Å². The Morgan fingerprint density at radius 3 is 0.925 bits per heavy atom. The number of phenols is 1. The molecule has 0 spiro atoms. The molecule has 1 aromatic heterocycles. The molecular weight excluding hydrogens is 2030 g/mol. The lowest BCUT2D eigenvalue weighted by Crippen LogP contribution is -2.60. The molecule has 9 unspecified atom stereocenters. The number of para-hydroxylation sites is 2. The standard InChI is InChI=1S/3C18H23F3O7S.C18H13OS.C18H14OS.C18H13S/c3*1-10(2)14(22)28-17-6-11-3-12(7-17)5-16(4-11,9-17)15(23)27-13(18(19,20)21)8-29(24,25)26;1-2-8-14(9-3-1)20-17-12-6-4-10-15(17)19-16-11-5-7-13-18(16)20;19-15-11-13-18(14-12-15)20(16-7-3-1-4-8-16)17-9-5-2-6-10-17;1-2-8-14(9-3-1)19-17-12-6-4-10-15(17)16-11-5-7-13-18(16)19/h3*11-13H,1,3-9H2,2H3,(H,24,25,26);1-13H;1-14H;1-13H/q;;;+1;;+1/p-2. The summed E-state index contributed by atoms with van der Waals surface area (Å²) in [5, 5.41) is 12.3. The summed E-state index contributed by atoms with van der Waals surface area (Å²) in [5.74, 6) is -8.92. The van der Waals surface area contributed by atoms with Gasteiger partial charge in [0.2, 0.25) is 28.1 Å². The van der Waals surface area contributed by atoms with Crippen molar-refractivity contribution in [1.29, 1.82) is 0 Å². The fraction of sp³-hybridized carbons (Fsp3) is 0.389. The average molecular weight is 2140 g/mol. The van der Waals surface area contributed by atoms with E-state index in [0.717, 1.165) is 30.8 Å². The number of phenolic OH excluding ortho intramolecular Hbond substituents is 1. The molecular formula is C108H107F9O23S6. The normalized spacial score (nSPS) is 25.3. The molecule has 0 saturated heterocycles. The number of carbonyl (C=O) groups is 6. The van der Waals surface area contributed by atoms with Gasteiger partial charge in [-0.25, -0.2) is 39.6 Å². The molecule has 10 aromatic rings. The number of hydrogen-bond donors (Lipinski definition) is 1. The maximum Gasteiger partial charge on any atom is 0.426 e. The number of alkyl halides is 9. The van der Waals surface area contributed by atoms with Gasteiger partial charge in [0.05, 0.1) is 74.8 Å². The second-order valence-electron chi connectivity index (χ2n) is 39.9. The Bertz CT molecular complexity index is 6400.